The van der Waals surface area contributed by atoms with Gasteiger partial charge >= 0.3 is 0 Å². The molecule has 6 nitrogen and oxygen atoms in total. The number of hydrogen-bond acceptors (Lipinski definition) is 5. The predicted molar refractivity (Wildman–Crippen MR) is 113 cm³/mol. The summed E-state index contributed by atoms with van der Waals surface area (Å²) in [5.74, 6) is -0.399. The highest BCUT2D eigenvalue weighted by Gasteiger charge is 2.17. The Morgan fingerprint density at radius 2 is 1.82 bits per heavy atom. The van der Waals surface area contributed by atoms with Crippen LogP contribution in [-0.4, -0.2) is 19.3 Å². The Hall–Kier alpha value is -2.71. The first-order valence-corrected chi connectivity index (χ1v) is 11.1. The SMILES string of the molecule is CCc1nc(NC(=O)c2cccc(S(=O)(=O)Nc3ccc(C)cc3)c2)sc1C. The smallest absolute Gasteiger partial charge is 0.261 e. The summed E-state index contributed by atoms with van der Waals surface area (Å²) < 4.78 is 27.8. The molecule has 0 aliphatic carbocycles. The number of aromatic nitrogens is 1. The molecule has 3 rings (SSSR count). The molecule has 0 spiro atoms. The van der Waals surface area contributed by atoms with Crippen LogP contribution in [0, 0.1) is 13.8 Å². The van der Waals surface area contributed by atoms with Crippen LogP contribution in [0.15, 0.2) is 53.4 Å². The number of carbonyl (C=O) groups is 1. The van der Waals surface area contributed by atoms with Gasteiger partial charge in [-0.05, 0) is 50.6 Å². The number of rotatable bonds is 6. The van der Waals surface area contributed by atoms with E-state index < -0.39 is 15.9 Å². The lowest BCUT2D eigenvalue weighted by Crippen LogP contribution is -2.16. The van der Waals surface area contributed by atoms with Crippen molar-refractivity contribution in [2.45, 2.75) is 32.1 Å². The van der Waals surface area contributed by atoms with Gasteiger partial charge in [0, 0.05) is 16.1 Å². The number of anilines is 2. The Kier molecular flexibility index (Phi) is 5.81. The number of thiazole rings is 1. The number of nitrogens with one attached hydrogen (secondary N) is 2. The largest absolute Gasteiger partial charge is 0.298 e. The number of sulfonamides is 1. The summed E-state index contributed by atoms with van der Waals surface area (Å²) in [5, 5.41) is 3.25. The van der Waals surface area contributed by atoms with Crippen LogP contribution in [0.3, 0.4) is 0 Å². The molecule has 0 aliphatic rings. The molecule has 0 radical (unpaired) electrons. The number of nitrogens with zero attached hydrogens (tertiary/aromatic N) is 1. The number of carbonyl (C=O) groups excluding carboxylic acids is 1. The lowest BCUT2D eigenvalue weighted by Gasteiger charge is -2.09. The van der Waals surface area contributed by atoms with Crippen LogP contribution in [0.2, 0.25) is 0 Å². The molecule has 2 aromatic carbocycles. The van der Waals surface area contributed by atoms with E-state index in [0.29, 0.717) is 10.8 Å². The topological polar surface area (TPSA) is 88.2 Å². The Bertz CT molecular complexity index is 1100. The van der Waals surface area contributed by atoms with Crippen LogP contribution >= 0.6 is 11.3 Å². The summed E-state index contributed by atoms with van der Waals surface area (Å²) >= 11 is 1.40. The van der Waals surface area contributed by atoms with E-state index in [0.717, 1.165) is 22.6 Å². The van der Waals surface area contributed by atoms with Gasteiger partial charge < -0.3 is 0 Å². The molecule has 0 fully saturated rings. The van der Waals surface area contributed by atoms with Crippen molar-refractivity contribution < 1.29 is 13.2 Å². The van der Waals surface area contributed by atoms with Gasteiger partial charge in [0.15, 0.2) is 5.13 Å². The third kappa shape index (κ3) is 4.58. The molecular weight excluding hydrogens is 394 g/mol. The molecule has 28 heavy (non-hydrogen) atoms. The second-order valence-electron chi connectivity index (χ2n) is 6.33. The molecule has 1 aromatic heterocycles. The van der Waals surface area contributed by atoms with Crippen LogP contribution in [0.1, 0.15) is 33.4 Å². The van der Waals surface area contributed by atoms with Gasteiger partial charge in [0.1, 0.15) is 0 Å². The Morgan fingerprint density at radius 1 is 1.11 bits per heavy atom. The maximum Gasteiger partial charge on any atom is 0.261 e. The van der Waals surface area contributed by atoms with Gasteiger partial charge in [-0.1, -0.05) is 30.7 Å². The first-order valence-electron chi connectivity index (χ1n) is 8.75. The lowest BCUT2D eigenvalue weighted by atomic mass is 10.2. The fourth-order valence-corrected chi connectivity index (χ4v) is 4.62. The van der Waals surface area contributed by atoms with Crippen LogP contribution in [-0.2, 0) is 16.4 Å². The molecule has 1 amide bonds. The van der Waals surface area contributed by atoms with Crippen molar-refractivity contribution in [2.75, 3.05) is 10.0 Å². The lowest BCUT2D eigenvalue weighted by molar-refractivity contribution is 0.102. The number of benzene rings is 2. The van der Waals surface area contributed by atoms with Crippen LogP contribution in [0.25, 0.3) is 0 Å². The van der Waals surface area contributed by atoms with E-state index in [2.05, 4.69) is 15.0 Å². The van der Waals surface area contributed by atoms with Gasteiger partial charge in [0.25, 0.3) is 15.9 Å². The Balaban J connectivity index is 1.80. The van der Waals surface area contributed by atoms with Gasteiger partial charge in [0.2, 0.25) is 0 Å². The van der Waals surface area contributed by atoms with Crippen molar-refractivity contribution in [1.82, 2.24) is 4.98 Å². The third-order valence-corrected chi connectivity index (χ3v) is 6.47. The number of amides is 1. The average Bonchev–Trinajstić information content (AvgIpc) is 3.02. The molecule has 0 atom stereocenters. The van der Waals surface area contributed by atoms with E-state index in [1.807, 2.05) is 32.9 Å². The monoisotopic (exact) mass is 415 g/mol. The molecule has 0 saturated carbocycles. The normalized spacial score (nSPS) is 11.2. The number of hydrogen-bond donors (Lipinski definition) is 2. The van der Waals surface area contributed by atoms with E-state index >= 15 is 0 Å². The van der Waals surface area contributed by atoms with Crippen molar-refractivity contribution in [1.29, 1.82) is 0 Å². The zero-order valence-electron chi connectivity index (χ0n) is 15.8. The van der Waals surface area contributed by atoms with E-state index in [1.165, 1.54) is 23.5 Å². The van der Waals surface area contributed by atoms with Crippen molar-refractivity contribution in [3.05, 3.63) is 70.2 Å². The highest BCUT2D eigenvalue weighted by atomic mass is 32.2. The molecule has 0 unspecified atom stereocenters. The fourth-order valence-electron chi connectivity index (χ4n) is 2.62. The first-order chi connectivity index (χ1) is 13.3. The van der Waals surface area contributed by atoms with Gasteiger partial charge in [-0.3, -0.25) is 14.8 Å². The summed E-state index contributed by atoms with van der Waals surface area (Å²) in [6.07, 6.45) is 0.788. The first kappa shape index (κ1) is 20.0. The van der Waals surface area contributed by atoms with Crippen LogP contribution < -0.4 is 10.0 Å². The van der Waals surface area contributed by atoms with Gasteiger partial charge in [-0.25, -0.2) is 13.4 Å². The second kappa shape index (κ2) is 8.12. The molecule has 1 heterocycles. The van der Waals surface area contributed by atoms with Crippen LogP contribution in [0.4, 0.5) is 10.8 Å². The standard InChI is InChI=1S/C20H21N3O3S2/c1-4-18-14(3)27-20(21-18)22-19(24)15-6-5-7-17(12-15)28(25,26)23-16-10-8-13(2)9-11-16/h5-12,23H,4H2,1-3H3,(H,21,22,24). The highest BCUT2D eigenvalue weighted by Crippen LogP contribution is 2.23. The molecule has 2 N–H and O–H groups in total. The fraction of sp³-hybridized carbons (Fsp3) is 0.200. The van der Waals surface area contributed by atoms with Crippen molar-refractivity contribution in [3.63, 3.8) is 0 Å². The Labute approximate surface area is 168 Å². The van der Waals surface area contributed by atoms with E-state index in [9.17, 15) is 13.2 Å². The quantitative estimate of drug-likeness (QED) is 0.625. The maximum atomic E-state index is 12.7. The summed E-state index contributed by atoms with van der Waals surface area (Å²) in [7, 11) is -3.80. The summed E-state index contributed by atoms with van der Waals surface area (Å²) in [5.41, 5.74) is 2.69. The molecular formula is C20H21N3O3S2. The van der Waals surface area contributed by atoms with Gasteiger partial charge in [-0.15, -0.1) is 11.3 Å². The Morgan fingerprint density at radius 3 is 2.46 bits per heavy atom. The van der Waals surface area contributed by atoms with E-state index in [1.54, 1.807) is 24.3 Å². The van der Waals surface area contributed by atoms with Gasteiger partial charge in [0.05, 0.1) is 10.6 Å². The van der Waals surface area contributed by atoms with E-state index in [-0.39, 0.29) is 10.5 Å². The third-order valence-electron chi connectivity index (χ3n) is 4.16. The van der Waals surface area contributed by atoms with Crippen molar-refractivity contribution in [3.8, 4) is 0 Å². The minimum absolute atomic E-state index is 0.0188. The van der Waals surface area contributed by atoms with Crippen molar-refractivity contribution >= 4 is 38.1 Å². The summed E-state index contributed by atoms with van der Waals surface area (Å²) in [4.78, 5) is 18.0. The zero-order valence-corrected chi connectivity index (χ0v) is 17.4. The minimum atomic E-state index is -3.80. The average molecular weight is 416 g/mol. The maximum absolute atomic E-state index is 12.7. The van der Waals surface area contributed by atoms with Gasteiger partial charge in [-0.2, -0.15) is 0 Å². The minimum Gasteiger partial charge on any atom is -0.298 e. The summed E-state index contributed by atoms with van der Waals surface area (Å²) in [6, 6.07) is 13.0. The predicted octanol–water partition coefficient (Wildman–Crippen LogP) is 4.38. The molecule has 146 valence electrons. The molecule has 3 aromatic rings. The molecule has 0 bridgehead atoms. The zero-order chi connectivity index (χ0) is 20.3. The van der Waals surface area contributed by atoms with E-state index in [4.69, 9.17) is 0 Å². The van der Waals surface area contributed by atoms with Crippen LogP contribution in [0.5, 0.6) is 0 Å². The molecule has 0 aliphatic heterocycles. The van der Waals surface area contributed by atoms with Crippen molar-refractivity contribution in [2.24, 2.45) is 0 Å². The number of aryl methyl sites for hydroxylation is 3. The highest BCUT2D eigenvalue weighted by molar-refractivity contribution is 7.92. The molecule has 0 saturated heterocycles. The second-order valence-corrected chi connectivity index (χ2v) is 9.21. The molecule has 8 heteroatoms. The summed E-state index contributed by atoms with van der Waals surface area (Å²) in [6.45, 7) is 5.88.